The number of sulfonamides is 1. The van der Waals surface area contributed by atoms with Gasteiger partial charge in [0.1, 0.15) is 6.54 Å². The van der Waals surface area contributed by atoms with Gasteiger partial charge in [-0.05, 0) is 19.1 Å². The average molecular weight is 337 g/mol. The Bertz CT molecular complexity index is 661. The lowest BCUT2D eigenvalue weighted by molar-refractivity contribution is -0.387. The fourth-order valence-corrected chi connectivity index (χ4v) is 2.91. The van der Waals surface area contributed by atoms with Gasteiger partial charge in [0.25, 0.3) is 5.69 Å². The maximum atomic E-state index is 12.3. The quantitative estimate of drug-likeness (QED) is 0.442. The minimum absolute atomic E-state index is 0.0358. The molecule has 0 unspecified atom stereocenters. The summed E-state index contributed by atoms with van der Waals surface area (Å²) in [6, 6.07) is 3.18. The Balaban J connectivity index is 3.19. The van der Waals surface area contributed by atoms with E-state index >= 15 is 0 Å². The van der Waals surface area contributed by atoms with Crippen LogP contribution in [0.2, 0.25) is 5.02 Å². The van der Waals surface area contributed by atoms with E-state index in [0.29, 0.717) is 4.31 Å². The molecule has 0 aliphatic carbocycles. The van der Waals surface area contributed by atoms with E-state index in [1.54, 1.807) is 6.92 Å². The number of nitrogens with zero attached hydrogens (tertiary/aromatic N) is 2. The molecule has 0 atom stereocenters. The first-order valence-electron chi connectivity index (χ1n) is 5.76. The van der Waals surface area contributed by atoms with Gasteiger partial charge in [-0.1, -0.05) is 11.6 Å². The van der Waals surface area contributed by atoms with Crippen molar-refractivity contribution in [1.82, 2.24) is 4.31 Å². The summed E-state index contributed by atoms with van der Waals surface area (Å²) < 4.78 is 29.9. The van der Waals surface area contributed by atoms with Crippen LogP contribution in [-0.2, 0) is 19.6 Å². The fourth-order valence-electron chi connectivity index (χ4n) is 1.49. The molecule has 0 spiro atoms. The summed E-state index contributed by atoms with van der Waals surface area (Å²) in [4.78, 5) is 20.9. The zero-order chi connectivity index (χ0) is 16.2. The second-order valence-corrected chi connectivity index (χ2v) is 6.39. The molecule has 1 rings (SSSR count). The highest BCUT2D eigenvalue weighted by atomic mass is 35.5. The van der Waals surface area contributed by atoms with Crippen LogP contribution in [0.3, 0.4) is 0 Å². The van der Waals surface area contributed by atoms with Gasteiger partial charge in [-0.3, -0.25) is 14.9 Å². The van der Waals surface area contributed by atoms with E-state index in [9.17, 15) is 23.3 Å². The van der Waals surface area contributed by atoms with E-state index in [4.69, 9.17) is 11.6 Å². The number of nitro groups is 1. The van der Waals surface area contributed by atoms with E-state index in [0.717, 1.165) is 19.2 Å². The summed E-state index contributed by atoms with van der Waals surface area (Å²) >= 11 is 5.63. The van der Waals surface area contributed by atoms with Crippen molar-refractivity contribution in [3.8, 4) is 0 Å². The lowest BCUT2D eigenvalue weighted by Crippen LogP contribution is -2.33. The number of hydrogen-bond acceptors (Lipinski definition) is 6. The number of likely N-dealkylation sites (N-methyl/N-ethyl adjacent to an activating group) is 1. The molecule has 0 radical (unpaired) electrons. The molecule has 0 aliphatic rings. The first-order chi connectivity index (χ1) is 9.70. The number of benzene rings is 1. The molecule has 10 heteroatoms. The molecule has 0 aromatic heterocycles. The first-order valence-corrected chi connectivity index (χ1v) is 7.57. The minimum Gasteiger partial charge on any atom is -0.465 e. The van der Waals surface area contributed by atoms with Gasteiger partial charge in [0, 0.05) is 18.1 Å². The van der Waals surface area contributed by atoms with Crippen molar-refractivity contribution >= 4 is 33.3 Å². The van der Waals surface area contributed by atoms with Crippen LogP contribution in [0, 0.1) is 10.1 Å². The van der Waals surface area contributed by atoms with Crippen molar-refractivity contribution in [1.29, 1.82) is 0 Å². The summed E-state index contributed by atoms with van der Waals surface area (Å²) in [7, 11) is -3.08. The molecule has 0 saturated heterocycles. The third-order valence-corrected chi connectivity index (χ3v) is 4.55. The molecular formula is C11H13ClN2O6S. The summed E-state index contributed by atoms with van der Waals surface area (Å²) in [5.74, 6) is -0.750. The van der Waals surface area contributed by atoms with Crippen LogP contribution in [0.5, 0.6) is 0 Å². The van der Waals surface area contributed by atoms with Gasteiger partial charge in [0.15, 0.2) is 4.90 Å². The summed E-state index contributed by atoms with van der Waals surface area (Å²) in [6.07, 6.45) is 0. The highest BCUT2D eigenvalue weighted by Crippen LogP contribution is 2.28. The van der Waals surface area contributed by atoms with Gasteiger partial charge in [-0.15, -0.1) is 0 Å². The van der Waals surface area contributed by atoms with Crippen LogP contribution >= 0.6 is 11.6 Å². The van der Waals surface area contributed by atoms with Crippen LogP contribution < -0.4 is 0 Å². The molecular weight excluding hydrogens is 324 g/mol. The zero-order valence-electron chi connectivity index (χ0n) is 11.3. The van der Waals surface area contributed by atoms with Crippen LogP contribution in [0.25, 0.3) is 0 Å². The summed E-state index contributed by atoms with van der Waals surface area (Å²) in [5.41, 5.74) is -0.654. The van der Waals surface area contributed by atoms with Gasteiger partial charge in [0.2, 0.25) is 10.0 Å². The minimum atomic E-state index is -4.21. The van der Waals surface area contributed by atoms with E-state index in [1.807, 2.05) is 0 Å². The van der Waals surface area contributed by atoms with Crippen molar-refractivity contribution in [2.24, 2.45) is 0 Å². The SMILES string of the molecule is CCOC(=O)CN(C)S(=O)(=O)c1ccc(Cl)cc1[N+](=O)[O-]. The Morgan fingerprint density at radius 3 is 2.62 bits per heavy atom. The summed E-state index contributed by atoms with van der Waals surface area (Å²) in [5, 5.41) is 11.0. The highest BCUT2D eigenvalue weighted by molar-refractivity contribution is 7.89. The third-order valence-electron chi connectivity index (χ3n) is 2.46. The number of nitro benzene ring substituents is 1. The monoisotopic (exact) mass is 336 g/mol. The third kappa shape index (κ3) is 4.13. The lowest BCUT2D eigenvalue weighted by atomic mass is 10.3. The molecule has 0 N–H and O–H groups in total. The standard InChI is InChI=1S/C11H13ClN2O6S/c1-3-20-11(15)7-13(2)21(18,19)10-5-4-8(12)6-9(10)14(16)17/h4-6H,3,7H2,1-2H3. The smallest absolute Gasteiger partial charge is 0.321 e. The summed E-state index contributed by atoms with van der Waals surface area (Å²) in [6.45, 7) is 1.14. The van der Waals surface area contributed by atoms with E-state index in [1.165, 1.54) is 6.07 Å². The Labute approximate surface area is 126 Å². The first kappa shape index (κ1) is 17.3. The molecule has 0 heterocycles. The van der Waals surface area contributed by atoms with E-state index in [-0.39, 0.29) is 11.6 Å². The van der Waals surface area contributed by atoms with Crippen molar-refractivity contribution < 1.29 is 22.9 Å². The highest BCUT2D eigenvalue weighted by Gasteiger charge is 2.31. The number of carbonyl (C=O) groups excluding carboxylic acids is 1. The van der Waals surface area contributed by atoms with E-state index < -0.39 is 38.0 Å². The number of rotatable bonds is 6. The van der Waals surface area contributed by atoms with Crippen LogP contribution in [0.1, 0.15) is 6.92 Å². The van der Waals surface area contributed by atoms with E-state index in [2.05, 4.69) is 4.74 Å². The molecule has 1 aromatic rings. The molecule has 0 amide bonds. The molecule has 116 valence electrons. The molecule has 0 fully saturated rings. The van der Waals surface area contributed by atoms with Crippen LogP contribution in [-0.4, -0.2) is 43.8 Å². The van der Waals surface area contributed by atoms with Gasteiger partial charge in [-0.2, -0.15) is 4.31 Å². The second-order valence-electron chi connectivity index (χ2n) is 3.94. The van der Waals surface area contributed by atoms with Gasteiger partial charge >= 0.3 is 5.97 Å². The van der Waals surface area contributed by atoms with Gasteiger partial charge < -0.3 is 4.74 Å². The predicted molar refractivity (Wildman–Crippen MR) is 74.6 cm³/mol. The van der Waals surface area contributed by atoms with Crippen LogP contribution in [0.15, 0.2) is 23.1 Å². The topological polar surface area (TPSA) is 107 Å². The molecule has 8 nitrogen and oxygen atoms in total. The lowest BCUT2D eigenvalue weighted by Gasteiger charge is -2.16. The van der Waals surface area contributed by atoms with Gasteiger partial charge in [-0.25, -0.2) is 8.42 Å². The molecule has 0 bridgehead atoms. The van der Waals surface area contributed by atoms with Crippen molar-refractivity contribution in [2.45, 2.75) is 11.8 Å². The average Bonchev–Trinajstić information content (AvgIpc) is 2.38. The normalized spacial score (nSPS) is 11.4. The van der Waals surface area contributed by atoms with Crippen LogP contribution in [0.4, 0.5) is 5.69 Å². The maximum Gasteiger partial charge on any atom is 0.321 e. The number of halogens is 1. The number of esters is 1. The second kappa shape index (κ2) is 6.83. The molecule has 0 aliphatic heterocycles. The Morgan fingerprint density at radius 1 is 1.48 bits per heavy atom. The van der Waals surface area contributed by atoms with Gasteiger partial charge in [0.05, 0.1) is 11.5 Å². The Hall–Kier alpha value is -1.71. The van der Waals surface area contributed by atoms with Crippen molar-refractivity contribution in [3.05, 3.63) is 33.3 Å². The molecule has 21 heavy (non-hydrogen) atoms. The number of carbonyl (C=O) groups is 1. The Morgan fingerprint density at radius 2 is 2.10 bits per heavy atom. The maximum absolute atomic E-state index is 12.3. The number of ether oxygens (including phenoxy) is 1. The Kier molecular flexibility index (Phi) is 5.64. The number of hydrogen-bond donors (Lipinski definition) is 0. The predicted octanol–water partition coefficient (Wildman–Crippen LogP) is 1.43. The largest absolute Gasteiger partial charge is 0.465 e. The molecule has 1 aromatic carbocycles. The molecule has 0 saturated carbocycles. The zero-order valence-corrected chi connectivity index (χ0v) is 12.8. The van der Waals surface area contributed by atoms with Crippen molar-refractivity contribution in [3.63, 3.8) is 0 Å². The fraction of sp³-hybridized carbons (Fsp3) is 0.364. The van der Waals surface area contributed by atoms with Crippen molar-refractivity contribution in [2.75, 3.05) is 20.2 Å².